The van der Waals surface area contributed by atoms with Gasteiger partial charge in [-0.05, 0) is 17.5 Å². The Morgan fingerprint density at radius 2 is 2.16 bits per heavy atom. The summed E-state index contributed by atoms with van der Waals surface area (Å²) in [4.78, 5) is 19.8. The quantitative estimate of drug-likeness (QED) is 0.878. The Hall–Kier alpha value is -1.37. The van der Waals surface area contributed by atoms with Gasteiger partial charge in [0, 0.05) is 39.3 Å². The molecule has 0 aromatic carbocycles. The average Bonchev–Trinajstić information content (AvgIpc) is 3.00. The van der Waals surface area contributed by atoms with E-state index in [2.05, 4.69) is 9.88 Å². The molecule has 3 rings (SSSR count). The summed E-state index contributed by atoms with van der Waals surface area (Å²) in [7, 11) is 0. The fourth-order valence-electron chi connectivity index (χ4n) is 2.49. The summed E-state index contributed by atoms with van der Waals surface area (Å²) < 4.78 is 1.14. The van der Waals surface area contributed by atoms with Crippen LogP contribution < -0.4 is 5.73 Å². The lowest BCUT2D eigenvalue weighted by Gasteiger charge is -2.34. The molecule has 0 spiro atoms. The zero-order valence-corrected chi connectivity index (χ0v) is 11.6. The van der Waals surface area contributed by atoms with E-state index in [1.54, 1.807) is 11.3 Å². The van der Waals surface area contributed by atoms with Crippen molar-refractivity contribution in [2.45, 2.75) is 0 Å². The van der Waals surface area contributed by atoms with Crippen LogP contribution in [0.4, 0.5) is 0 Å². The van der Waals surface area contributed by atoms with Crippen LogP contribution in [0.15, 0.2) is 17.5 Å². The molecule has 0 saturated carbocycles. The first-order valence-corrected chi connectivity index (χ1v) is 7.44. The summed E-state index contributed by atoms with van der Waals surface area (Å²) >= 11 is 1.66. The summed E-state index contributed by atoms with van der Waals surface area (Å²) in [5, 5.41) is 2.03. The predicted octanol–water partition coefficient (Wildman–Crippen LogP) is 0.946. The van der Waals surface area contributed by atoms with Gasteiger partial charge in [0.15, 0.2) is 0 Å². The second-order valence-electron chi connectivity index (χ2n) is 4.80. The van der Waals surface area contributed by atoms with Crippen LogP contribution in [0, 0.1) is 0 Å². The van der Waals surface area contributed by atoms with Gasteiger partial charge >= 0.3 is 0 Å². The molecule has 1 fully saturated rings. The molecule has 102 valence electrons. The lowest BCUT2D eigenvalue weighted by atomic mass is 10.3. The lowest BCUT2D eigenvalue weighted by molar-refractivity contribution is 0.0636. The third-order valence-corrected chi connectivity index (χ3v) is 4.44. The van der Waals surface area contributed by atoms with Gasteiger partial charge in [0.05, 0.1) is 10.2 Å². The Balaban J connectivity index is 1.66. The standard InChI is InChI=1S/C13H18N4OS/c14-2-3-16-4-6-17(7-5-16)13(18)11-9-12-10(15-11)1-8-19-12/h1,8-9,15H,2-7,14H2. The van der Waals surface area contributed by atoms with Gasteiger partial charge in [0.2, 0.25) is 0 Å². The molecule has 5 nitrogen and oxygen atoms in total. The summed E-state index contributed by atoms with van der Waals surface area (Å²) in [5.41, 5.74) is 7.30. The SMILES string of the molecule is NCCN1CCN(C(=O)c2cc3sccc3[nH]2)CC1. The highest BCUT2D eigenvalue weighted by Gasteiger charge is 2.22. The van der Waals surface area contributed by atoms with Gasteiger partial charge in [0.1, 0.15) is 5.69 Å². The normalized spacial score (nSPS) is 17.2. The molecule has 6 heteroatoms. The summed E-state index contributed by atoms with van der Waals surface area (Å²) in [6.45, 7) is 4.99. The number of carbonyl (C=O) groups is 1. The van der Waals surface area contributed by atoms with E-state index in [9.17, 15) is 4.79 Å². The number of hydrogen-bond donors (Lipinski definition) is 2. The van der Waals surface area contributed by atoms with Gasteiger partial charge in [0.25, 0.3) is 5.91 Å². The van der Waals surface area contributed by atoms with E-state index in [-0.39, 0.29) is 5.91 Å². The smallest absolute Gasteiger partial charge is 0.270 e. The van der Waals surface area contributed by atoms with E-state index in [1.807, 2.05) is 22.4 Å². The van der Waals surface area contributed by atoms with E-state index in [0.717, 1.165) is 42.9 Å². The molecule has 1 amide bonds. The molecule has 3 N–H and O–H groups in total. The van der Waals surface area contributed by atoms with Gasteiger partial charge in [-0.2, -0.15) is 0 Å². The molecule has 0 aliphatic carbocycles. The van der Waals surface area contributed by atoms with E-state index in [4.69, 9.17) is 5.73 Å². The molecular weight excluding hydrogens is 260 g/mol. The minimum absolute atomic E-state index is 0.107. The predicted molar refractivity (Wildman–Crippen MR) is 77.6 cm³/mol. The van der Waals surface area contributed by atoms with Crippen molar-refractivity contribution in [1.29, 1.82) is 0 Å². The monoisotopic (exact) mass is 278 g/mol. The van der Waals surface area contributed by atoms with Crippen LogP contribution in [0.3, 0.4) is 0 Å². The minimum atomic E-state index is 0.107. The van der Waals surface area contributed by atoms with Crippen molar-refractivity contribution < 1.29 is 4.79 Å². The summed E-state index contributed by atoms with van der Waals surface area (Å²) in [6.07, 6.45) is 0. The number of nitrogens with one attached hydrogen (secondary N) is 1. The van der Waals surface area contributed by atoms with Crippen molar-refractivity contribution in [3.05, 3.63) is 23.2 Å². The molecule has 1 aliphatic rings. The van der Waals surface area contributed by atoms with Gasteiger partial charge < -0.3 is 15.6 Å². The highest BCUT2D eigenvalue weighted by molar-refractivity contribution is 7.17. The van der Waals surface area contributed by atoms with Gasteiger partial charge in [-0.3, -0.25) is 9.69 Å². The first-order valence-electron chi connectivity index (χ1n) is 6.56. The number of carbonyl (C=O) groups excluding carboxylic acids is 1. The van der Waals surface area contributed by atoms with Crippen LogP contribution in [0.5, 0.6) is 0 Å². The number of thiophene rings is 1. The number of aromatic amines is 1. The largest absolute Gasteiger partial charge is 0.350 e. The van der Waals surface area contributed by atoms with Crippen LogP contribution in [-0.2, 0) is 0 Å². The average molecular weight is 278 g/mol. The van der Waals surface area contributed by atoms with Gasteiger partial charge in [-0.15, -0.1) is 11.3 Å². The number of H-pyrrole nitrogens is 1. The van der Waals surface area contributed by atoms with Crippen LogP contribution in [0.2, 0.25) is 0 Å². The van der Waals surface area contributed by atoms with Crippen LogP contribution in [0.25, 0.3) is 10.2 Å². The molecule has 3 heterocycles. The Labute approximate surface area is 116 Å². The maximum absolute atomic E-state index is 12.4. The number of hydrogen-bond acceptors (Lipinski definition) is 4. The van der Waals surface area contributed by atoms with E-state index in [1.165, 1.54) is 0 Å². The zero-order chi connectivity index (χ0) is 13.2. The highest BCUT2D eigenvalue weighted by atomic mass is 32.1. The fourth-order valence-corrected chi connectivity index (χ4v) is 3.27. The topological polar surface area (TPSA) is 65.4 Å². The number of nitrogens with two attached hydrogens (primary N) is 1. The molecule has 0 atom stereocenters. The number of nitrogens with zero attached hydrogens (tertiary/aromatic N) is 2. The molecule has 2 aromatic rings. The van der Waals surface area contributed by atoms with Gasteiger partial charge in [-0.25, -0.2) is 0 Å². The summed E-state index contributed by atoms with van der Waals surface area (Å²) in [6, 6.07) is 3.96. The maximum Gasteiger partial charge on any atom is 0.270 e. The fraction of sp³-hybridized carbons (Fsp3) is 0.462. The summed E-state index contributed by atoms with van der Waals surface area (Å²) in [5.74, 6) is 0.107. The molecular formula is C13H18N4OS. The van der Waals surface area contributed by atoms with E-state index in [0.29, 0.717) is 12.2 Å². The first kappa shape index (κ1) is 12.7. The van der Waals surface area contributed by atoms with Crippen molar-refractivity contribution in [3.63, 3.8) is 0 Å². The zero-order valence-electron chi connectivity index (χ0n) is 10.8. The van der Waals surface area contributed by atoms with E-state index < -0.39 is 0 Å². The highest BCUT2D eigenvalue weighted by Crippen LogP contribution is 2.22. The number of aromatic nitrogens is 1. The Morgan fingerprint density at radius 1 is 1.37 bits per heavy atom. The Bertz CT molecular complexity index is 539. The van der Waals surface area contributed by atoms with E-state index >= 15 is 0 Å². The Kier molecular flexibility index (Phi) is 3.54. The third-order valence-electron chi connectivity index (χ3n) is 3.58. The number of amides is 1. The molecule has 19 heavy (non-hydrogen) atoms. The van der Waals surface area contributed by atoms with Crippen LogP contribution in [-0.4, -0.2) is 60.0 Å². The van der Waals surface area contributed by atoms with Crippen molar-refractivity contribution in [1.82, 2.24) is 14.8 Å². The number of piperazine rings is 1. The maximum atomic E-state index is 12.4. The number of fused-ring (bicyclic) bond motifs is 1. The van der Waals surface area contributed by atoms with Crippen molar-refractivity contribution in [2.75, 3.05) is 39.3 Å². The van der Waals surface area contributed by atoms with Crippen molar-refractivity contribution >= 4 is 27.5 Å². The van der Waals surface area contributed by atoms with Gasteiger partial charge in [-0.1, -0.05) is 0 Å². The minimum Gasteiger partial charge on any atom is -0.350 e. The van der Waals surface area contributed by atoms with Crippen molar-refractivity contribution in [2.24, 2.45) is 5.73 Å². The number of rotatable bonds is 3. The lowest BCUT2D eigenvalue weighted by Crippen LogP contribution is -2.49. The van der Waals surface area contributed by atoms with Crippen LogP contribution >= 0.6 is 11.3 Å². The molecule has 0 bridgehead atoms. The van der Waals surface area contributed by atoms with Crippen LogP contribution in [0.1, 0.15) is 10.5 Å². The molecule has 0 unspecified atom stereocenters. The van der Waals surface area contributed by atoms with Crippen molar-refractivity contribution in [3.8, 4) is 0 Å². The second kappa shape index (κ2) is 5.32. The molecule has 2 aromatic heterocycles. The second-order valence-corrected chi connectivity index (χ2v) is 5.75. The Morgan fingerprint density at radius 3 is 2.84 bits per heavy atom. The third kappa shape index (κ3) is 2.51. The molecule has 1 saturated heterocycles. The molecule has 1 aliphatic heterocycles. The molecule has 0 radical (unpaired) electrons. The first-order chi connectivity index (χ1) is 9.28.